The number of nitrogens with zero attached hydrogens (tertiary/aromatic N) is 1. The third-order valence-electron chi connectivity index (χ3n) is 3.08. The normalized spacial score (nSPS) is 10.7. The topological polar surface area (TPSA) is 33.6 Å². The van der Waals surface area contributed by atoms with Gasteiger partial charge in [-0.1, -0.05) is 38.0 Å². The van der Waals surface area contributed by atoms with Gasteiger partial charge in [-0.2, -0.15) is 5.10 Å². The number of unbranched alkanes of at least 4 members (excludes halogenated alkanes) is 2. The quantitative estimate of drug-likeness (QED) is 0.432. The highest BCUT2D eigenvalue weighted by Crippen LogP contribution is 2.12. The first-order valence-electron chi connectivity index (χ1n) is 7.45. The molecule has 0 aliphatic heterocycles. The summed E-state index contributed by atoms with van der Waals surface area (Å²) in [5, 5.41) is 4.21. The maximum absolute atomic E-state index is 5.68. The Balaban J connectivity index is 1.79. The van der Waals surface area contributed by atoms with Gasteiger partial charge in [0.25, 0.3) is 0 Å². The number of hydrogen-bond acceptors (Lipinski definition) is 3. The van der Waals surface area contributed by atoms with Gasteiger partial charge < -0.3 is 4.74 Å². The zero-order valence-electron chi connectivity index (χ0n) is 12.5. The molecule has 0 saturated heterocycles. The minimum Gasteiger partial charge on any atom is -0.494 e. The zero-order valence-corrected chi connectivity index (χ0v) is 12.5. The summed E-state index contributed by atoms with van der Waals surface area (Å²) in [6.45, 7) is 2.98. The Morgan fingerprint density at radius 3 is 2.48 bits per heavy atom. The molecular weight excluding hydrogens is 260 g/mol. The van der Waals surface area contributed by atoms with Crippen molar-refractivity contribution in [3.05, 3.63) is 60.2 Å². The van der Waals surface area contributed by atoms with Crippen LogP contribution in [0.4, 0.5) is 5.69 Å². The van der Waals surface area contributed by atoms with Gasteiger partial charge in [-0.3, -0.25) is 5.43 Å². The van der Waals surface area contributed by atoms with Crippen molar-refractivity contribution in [2.24, 2.45) is 5.10 Å². The fraction of sp³-hybridized carbons (Fsp3) is 0.278. The molecule has 0 atom stereocenters. The Kier molecular flexibility index (Phi) is 6.33. The van der Waals surface area contributed by atoms with Crippen molar-refractivity contribution >= 4 is 11.9 Å². The third-order valence-corrected chi connectivity index (χ3v) is 3.08. The monoisotopic (exact) mass is 282 g/mol. The number of nitrogens with one attached hydrogen (secondary N) is 1. The van der Waals surface area contributed by atoms with E-state index in [1.54, 1.807) is 6.21 Å². The largest absolute Gasteiger partial charge is 0.494 e. The van der Waals surface area contributed by atoms with Crippen LogP contribution in [0.5, 0.6) is 5.75 Å². The Bertz CT molecular complexity index is 535. The molecular formula is C18H22N2O. The van der Waals surface area contributed by atoms with Crippen LogP contribution < -0.4 is 10.2 Å². The summed E-state index contributed by atoms with van der Waals surface area (Å²) in [6, 6.07) is 17.9. The van der Waals surface area contributed by atoms with Crippen molar-refractivity contribution in [1.29, 1.82) is 0 Å². The van der Waals surface area contributed by atoms with Crippen molar-refractivity contribution in [3.63, 3.8) is 0 Å². The van der Waals surface area contributed by atoms with Gasteiger partial charge in [0.2, 0.25) is 0 Å². The van der Waals surface area contributed by atoms with Crippen LogP contribution in [0.1, 0.15) is 31.7 Å². The summed E-state index contributed by atoms with van der Waals surface area (Å²) in [6.07, 6.45) is 5.34. The third kappa shape index (κ3) is 5.69. The second-order valence-electron chi connectivity index (χ2n) is 4.86. The number of hydrazone groups is 1. The number of benzene rings is 2. The maximum Gasteiger partial charge on any atom is 0.119 e. The average Bonchev–Trinajstić information content (AvgIpc) is 2.54. The van der Waals surface area contributed by atoms with Gasteiger partial charge in [0, 0.05) is 0 Å². The lowest BCUT2D eigenvalue weighted by Gasteiger charge is -2.05. The smallest absolute Gasteiger partial charge is 0.119 e. The molecule has 2 rings (SSSR count). The Hall–Kier alpha value is -2.29. The predicted octanol–water partition coefficient (Wildman–Crippen LogP) is 4.70. The molecule has 110 valence electrons. The molecule has 3 nitrogen and oxygen atoms in total. The van der Waals surface area contributed by atoms with Crippen LogP contribution in [0.2, 0.25) is 0 Å². The highest BCUT2D eigenvalue weighted by molar-refractivity contribution is 5.80. The first-order chi connectivity index (χ1) is 10.4. The molecule has 0 heterocycles. The standard InChI is InChI=1S/C18H22N2O/c1-2-3-7-14-21-18-12-10-16(11-13-18)15-19-20-17-8-5-4-6-9-17/h4-6,8-13,15,20H,2-3,7,14H2,1H3/b19-15+. The Labute approximate surface area is 126 Å². The number of para-hydroxylation sites is 1. The second-order valence-corrected chi connectivity index (χ2v) is 4.86. The van der Waals surface area contributed by atoms with E-state index in [2.05, 4.69) is 17.5 Å². The van der Waals surface area contributed by atoms with Gasteiger partial charge in [-0.15, -0.1) is 0 Å². The molecule has 0 amide bonds. The average molecular weight is 282 g/mol. The van der Waals surface area contributed by atoms with Gasteiger partial charge in [-0.25, -0.2) is 0 Å². The molecule has 0 fully saturated rings. The van der Waals surface area contributed by atoms with E-state index in [-0.39, 0.29) is 0 Å². The second kappa shape index (κ2) is 8.80. The summed E-state index contributed by atoms with van der Waals surface area (Å²) in [4.78, 5) is 0. The molecule has 3 heteroatoms. The molecule has 2 aromatic rings. The molecule has 1 N–H and O–H groups in total. The number of ether oxygens (including phenoxy) is 1. The Morgan fingerprint density at radius 1 is 1.00 bits per heavy atom. The van der Waals surface area contributed by atoms with E-state index in [0.717, 1.165) is 30.0 Å². The molecule has 0 aromatic heterocycles. The number of anilines is 1. The van der Waals surface area contributed by atoms with Gasteiger partial charge in [0.1, 0.15) is 5.75 Å². The van der Waals surface area contributed by atoms with Crippen LogP contribution in [0.3, 0.4) is 0 Å². The summed E-state index contributed by atoms with van der Waals surface area (Å²) in [5.74, 6) is 0.916. The lowest BCUT2D eigenvalue weighted by atomic mass is 10.2. The van der Waals surface area contributed by atoms with Crippen molar-refractivity contribution in [3.8, 4) is 5.75 Å². The van der Waals surface area contributed by atoms with Crippen LogP contribution in [-0.2, 0) is 0 Å². The van der Waals surface area contributed by atoms with Crippen LogP contribution >= 0.6 is 0 Å². The lowest BCUT2D eigenvalue weighted by molar-refractivity contribution is 0.306. The van der Waals surface area contributed by atoms with Gasteiger partial charge in [0.15, 0.2) is 0 Å². The van der Waals surface area contributed by atoms with Crippen LogP contribution in [0.25, 0.3) is 0 Å². The van der Waals surface area contributed by atoms with Crippen molar-refractivity contribution in [1.82, 2.24) is 0 Å². The summed E-state index contributed by atoms with van der Waals surface area (Å²) in [7, 11) is 0. The highest BCUT2D eigenvalue weighted by Gasteiger charge is 1.94. The van der Waals surface area contributed by atoms with Crippen LogP contribution in [0, 0.1) is 0 Å². The zero-order chi connectivity index (χ0) is 14.8. The molecule has 0 aliphatic carbocycles. The first kappa shape index (κ1) is 15.1. The van der Waals surface area contributed by atoms with E-state index in [9.17, 15) is 0 Å². The summed E-state index contributed by atoms with van der Waals surface area (Å²) >= 11 is 0. The minimum absolute atomic E-state index is 0.789. The first-order valence-corrected chi connectivity index (χ1v) is 7.45. The minimum atomic E-state index is 0.789. The van der Waals surface area contributed by atoms with E-state index in [4.69, 9.17) is 4.74 Å². The van der Waals surface area contributed by atoms with Crippen molar-refractivity contribution < 1.29 is 4.74 Å². The van der Waals surface area contributed by atoms with Crippen LogP contribution in [-0.4, -0.2) is 12.8 Å². The molecule has 0 aliphatic rings. The van der Waals surface area contributed by atoms with Gasteiger partial charge in [0.05, 0.1) is 18.5 Å². The molecule has 0 radical (unpaired) electrons. The Morgan fingerprint density at radius 2 is 1.76 bits per heavy atom. The number of rotatable bonds is 8. The maximum atomic E-state index is 5.68. The lowest BCUT2D eigenvalue weighted by Crippen LogP contribution is -1.97. The highest BCUT2D eigenvalue weighted by atomic mass is 16.5. The molecule has 0 saturated carbocycles. The predicted molar refractivity (Wildman–Crippen MR) is 89.1 cm³/mol. The van der Waals surface area contributed by atoms with Crippen LogP contribution in [0.15, 0.2) is 59.7 Å². The van der Waals surface area contributed by atoms with E-state index in [1.807, 2.05) is 54.6 Å². The van der Waals surface area contributed by atoms with Gasteiger partial charge >= 0.3 is 0 Å². The molecule has 21 heavy (non-hydrogen) atoms. The van der Waals surface area contributed by atoms with Gasteiger partial charge in [-0.05, 0) is 48.4 Å². The van der Waals surface area contributed by atoms with E-state index in [0.29, 0.717) is 0 Å². The number of hydrogen-bond donors (Lipinski definition) is 1. The summed E-state index contributed by atoms with van der Waals surface area (Å²) in [5.41, 5.74) is 5.01. The molecule has 0 spiro atoms. The SMILES string of the molecule is CCCCCOc1ccc(/C=N/Nc2ccccc2)cc1. The van der Waals surface area contributed by atoms with E-state index in [1.165, 1.54) is 12.8 Å². The fourth-order valence-electron chi connectivity index (χ4n) is 1.89. The molecule has 0 bridgehead atoms. The van der Waals surface area contributed by atoms with E-state index < -0.39 is 0 Å². The molecule has 0 unspecified atom stereocenters. The summed E-state index contributed by atoms with van der Waals surface area (Å²) < 4.78 is 5.68. The molecule has 2 aromatic carbocycles. The van der Waals surface area contributed by atoms with Crippen molar-refractivity contribution in [2.45, 2.75) is 26.2 Å². The van der Waals surface area contributed by atoms with Crippen molar-refractivity contribution in [2.75, 3.05) is 12.0 Å². The fourth-order valence-corrected chi connectivity index (χ4v) is 1.89. The van der Waals surface area contributed by atoms with E-state index >= 15 is 0 Å².